The molecule has 31 heavy (non-hydrogen) atoms. The van der Waals surface area contributed by atoms with E-state index in [4.69, 9.17) is 0 Å². The van der Waals surface area contributed by atoms with Crippen LogP contribution in [0.4, 0.5) is 0 Å². The number of carbonyl (C=O) groups excluding carboxylic acids is 2. The number of sulfone groups is 1. The predicted octanol–water partition coefficient (Wildman–Crippen LogP) is 3.40. The highest BCUT2D eigenvalue weighted by Crippen LogP contribution is 2.44. The molecule has 0 spiro atoms. The zero-order valence-electron chi connectivity index (χ0n) is 19.5. The van der Waals surface area contributed by atoms with Crippen LogP contribution in [0.15, 0.2) is 0 Å². The number of hydrogen-bond donors (Lipinski definition) is 0. The quantitative estimate of drug-likeness (QED) is 0.655. The summed E-state index contributed by atoms with van der Waals surface area (Å²) >= 11 is 0. The van der Waals surface area contributed by atoms with Crippen LogP contribution in [0.25, 0.3) is 0 Å². The zero-order chi connectivity index (χ0) is 22.3. The van der Waals surface area contributed by atoms with Gasteiger partial charge in [-0.3, -0.25) is 9.59 Å². The van der Waals surface area contributed by atoms with Gasteiger partial charge in [0.2, 0.25) is 11.8 Å². The second-order valence-corrected chi connectivity index (χ2v) is 13.2. The van der Waals surface area contributed by atoms with Crippen molar-refractivity contribution in [3.63, 3.8) is 0 Å². The van der Waals surface area contributed by atoms with Gasteiger partial charge in [-0.2, -0.15) is 0 Å². The Kier molecular flexibility index (Phi) is 6.72. The van der Waals surface area contributed by atoms with Crippen molar-refractivity contribution >= 4 is 21.7 Å². The molecule has 4 aliphatic rings. The van der Waals surface area contributed by atoms with Gasteiger partial charge in [-0.15, -0.1) is 0 Å². The van der Waals surface area contributed by atoms with Gasteiger partial charge in [0.05, 0.1) is 17.3 Å². The van der Waals surface area contributed by atoms with E-state index in [2.05, 4.69) is 16.7 Å². The van der Waals surface area contributed by atoms with Crippen molar-refractivity contribution in [2.45, 2.75) is 108 Å². The van der Waals surface area contributed by atoms with Crippen LogP contribution in [-0.4, -0.2) is 65.7 Å². The molecule has 176 valence electrons. The van der Waals surface area contributed by atoms with Gasteiger partial charge < -0.3 is 9.80 Å². The summed E-state index contributed by atoms with van der Waals surface area (Å²) in [4.78, 5) is 29.9. The molecule has 2 amide bonds. The maximum absolute atomic E-state index is 13.3. The van der Waals surface area contributed by atoms with Gasteiger partial charge in [0, 0.05) is 31.2 Å². The van der Waals surface area contributed by atoms with E-state index in [9.17, 15) is 18.0 Å². The highest BCUT2D eigenvalue weighted by atomic mass is 32.2. The van der Waals surface area contributed by atoms with E-state index < -0.39 is 9.84 Å². The number of piperazine rings is 1. The Labute approximate surface area is 188 Å². The summed E-state index contributed by atoms with van der Waals surface area (Å²) < 4.78 is 24.6. The largest absolute Gasteiger partial charge is 0.335 e. The van der Waals surface area contributed by atoms with E-state index >= 15 is 0 Å². The third-order valence-electron chi connectivity index (χ3n) is 8.91. The fourth-order valence-electron chi connectivity index (χ4n) is 6.93. The average molecular weight is 453 g/mol. The van der Waals surface area contributed by atoms with E-state index in [1.807, 2.05) is 0 Å². The first kappa shape index (κ1) is 23.1. The van der Waals surface area contributed by atoms with Gasteiger partial charge in [-0.1, -0.05) is 13.3 Å². The molecule has 4 fully saturated rings. The zero-order valence-corrected chi connectivity index (χ0v) is 20.3. The lowest BCUT2D eigenvalue weighted by atomic mass is 9.69. The van der Waals surface area contributed by atoms with E-state index in [1.54, 1.807) is 13.8 Å². The minimum absolute atomic E-state index is 0.0778. The van der Waals surface area contributed by atoms with Crippen LogP contribution < -0.4 is 0 Å². The van der Waals surface area contributed by atoms with Gasteiger partial charge in [0.15, 0.2) is 9.84 Å². The molecule has 6 nitrogen and oxygen atoms in total. The molecular formula is C24H40N2O4S. The van der Waals surface area contributed by atoms with Crippen LogP contribution in [0.5, 0.6) is 0 Å². The lowest BCUT2D eigenvalue weighted by molar-refractivity contribution is -0.159. The molecule has 4 rings (SSSR count). The molecule has 0 N–H and O–H groups in total. The Morgan fingerprint density at radius 1 is 0.903 bits per heavy atom. The van der Waals surface area contributed by atoms with Crippen molar-refractivity contribution in [2.24, 2.45) is 17.8 Å². The Morgan fingerprint density at radius 3 is 2.10 bits per heavy atom. The summed E-state index contributed by atoms with van der Waals surface area (Å²) in [5.41, 5.74) is 0. The number of hydrogen-bond acceptors (Lipinski definition) is 4. The van der Waals surface area contributed by atoms with Crippen molar-refractivity contribution in [1.29, 1.82) is 0 Å². The van der Waals surface area contributed by atoms with Crippen molar-refractivity contribution in [2.75, 3.05) is 12.3 Å². The summed E-state index contributed by atoms with van der Waals surface area (Å²) in [7, 11) is -2.94. The number of rotatable bonds is 4. The molecule has 3 aliphatic carbocycles. The molecule has 1 heterocycles. The Balaban J connectivity index is 1.47. The topological polar surface area (TPSA) is 74.8 Å². The van der Waals surface area contributed by atoms with Crippen LogP contribution in [0.1, 0.15) is 85.0 Å². The van der Waals surface area contributed by atoms with Crippen LogP contribution in [-0.2, 0) is 19.4 Å². The van der Waals surface area contributed by atoms with E-state index in [0.29, 0.717) is 24.3 Å². The molecule has 1 saturated heterocycles. The number of nitrogens with zero attached hydrogens (tertiary/aromatic N) is 2. The lowest BCUT2D eigenvalue weighted by Gasteiger charge is -2.55. The molecule has 3 saturated carbocycles. The first-order valence-electron chi connectivity index (χ1n) is 12.5. The molecule has 4 atom stereocenters. The van der Waals surface area contributed by atoms with Crippen LogP contribution in [0.3, 0.4) is 0 Å². The maximum atomic E-state index is 13.3. The van der Waals surface area contributed by atoms with Crippen molar-refractivity contribution in [3.05, 3.63) is 0 Å². The highest BCUT2D eigenvalue weighted by Gasteiger charge is 2.49. The highest BCUT2D eigenvalue weighted by molar-refractivity contribution is 7.92. The molecule has 0 aromatic rings. The van der Waals surface area contributed by atoms with Gasteiger partial charge in [0.1, 0.15) is 0 Å². The second-order valence-electron chi connectivity index (χ2n) is 10.6. The lowest BCUT2D eigenvalue weighted by Crippen LogP contribution is -2.67. The first-order valence-corrected chi connectivity index (χ1v) is 14.2. The SMILES string of the molecule is CCS(=O)(=O)C1CCC(C2CCC3C(C2)N(C(=O)C2CCC2)C[C@H](C)N3C(C)=O)CC1. The van der Waals surface area contributed by atoms with Crippen molar-refractivity contribution in [3.8, 4) is 0 Å². The molecule has 3 unspecified atom stereocenters. The summed E-state index contributed by atoms with van der Waals surface area (Å²) in [5.74, 6) is 1.95. The minimum Gasteiger partial charge on any atom is -0.335 e. The molecular weight excluding hydrogens is 412 g/mol. The van der Waals surface area contributed by atoms with Crippen LogP contribution in [0.2, 0.25) is 0 Å². The Hall–Kier alpha value is -1.11. The smallest absolute Gasteiger partial charge is 0.226 e. The van der Waals surface area contributed by atoms with Crippen LogP contribution >= 0.6 is 0 Å². The van der Waals surface area contributed by atoms with Crippen LogP contribution in [0, 0.1) is 17.8 Å². The standard InChI is InChI=1S/C24H40N2O4S/c1-4-31(29,30)21-11-8-18(9-12-21)20-10-13-22-23(14-20)25(24(28)19-6-5-7-19)15-16(2)26(22)17(3)27/h16,18-23H,4-15H2,1-3H3/t16-,18?,20?,21?,22?,23?/m0/s1. The number of carbonyl (C=O) groups is 2. The van der Waals surface area contributed by atoms with Gasteiger partial charge in [-0.05, 0) is 76.5 Å². The first-order chi connectivity index (χ1) is 14.7. The number of fused-ring (bicyclic) bond motifs is 1. The summed E-state index contributed by atoms with van der Waals surface area (Å²) in [5, 5.41) is -0.162. The third-order valence-corrected chi connectivity index (χ3v) is 11.2. The van der Waals surface area contributed by atoms with Gasteiger partial charge in [-0.25, -0.2) is 8.42 Å². The molecule has 0 aromatic heterocycles. The minimum atomic E-state index is -2.94. The Morgan fingerprint density at radius 2 is 1.55 bits per heavy atom. The molecule has 7 heteroatoms. The Bertz CT molecular complexity index is 785. The third kappa shape index (κ3) is 4.40. The molecule has 1 aliphatic heterocycles. The summed E-state index contributed by atoms with van der Waals surface area (Å²) in [6.45, 7) is 6.16. The average Bonchev–Trinajstić information content (AvgIpc) is 2.71. The normalized spacial score (nSPS) is 37.1. The van der Waals surface area contributed by atoms with E-state index in [-0.39, 0.29) is 41.0 Å². The summed E-state index contributed by atoms with van der Waals surface area (Å²) in [6.07, 6.45) is 9.72. The van der Waals surface area contributed by atoms with Crippen molar-refractivity contribution in [1.82, 2.24) is 9.80 Å². The van der Waals surface area contributed by atoms with E-state index in [1.165, 1.54) is 0 Å². The molecule has 0 radical (unpaired) electrons. The van der Waals surface area contributed by atoms with Gasteiger partial charge >= 0.3 is 0 Å². The second kappa shape index (κ2) is 9.03. The van der Waals surface area contributed by atoms with Gasteiger partial charge in [0.25, 0.3) is 0 Å². The predicted molar refractivity (Wildman–Crippen MR) is 121 cm³/mol. The monoisotopic (exact) mass is 452 g/mol. The molecule has 0 aromatic carbocycles. The summed E-state index contributed by atoms with van der Waals surface area (Å²) in [6, 6.07) is 0.344. The van der Waals surface area contributed by atoms with Crippen molar-refractivity contribution < 1.29 is 18.0 Å². The fourth-order valence-corrected chi connectivity index (χ4v) is 8.39. The fraction of sp³-hybridized carbons (Fsp3) is 0.917. The van der Waals surface area contributed by atoms with E-state index in [0.717, 1.165) is 64.2 Å². The number of amides is 2. The molecule has 0 bridgehead atoms. The maximum Gasteiger partial charge on any atom is 0.226 e.